The molecule has 3 unspecified atom stereocenters. The Bertz CT molecular complexity index is 1210. The van der Waals surface area contributed by atoms with Gasteiger partial charge in [-0.25, -0.2) is 13.2 Å². The lowest BCUT2D eigenvalue weighted by Crippen LogP contribution is -2.51. The van der Waals surface area contributed by atoms with E-state index in [0.717, 1.165) is 25.8 Å². The molecule has 188 valence electrons. The molecule has 2 aliphatic heterocycles. The SMILES string of the molecule is CCCNC1CCC(C)N2CC1n1cc(C(=O)NCc3c(F)cc(F)cc3F)c(=O)c(O)c1C2=O. The summed E-state index contributed by atoms with van der Waals surface area (Å²) in [5, 5.41) is 16.4. The van der Waals surface area contributed by atoms with E-state index in [-0.39, 0.29) is 23.8 Å². The van der Waals surface area contributed by atoms with Gasteiger partial charge < -0.3 is 25.2 Å². The van der Waals surface area contributed by atoms with Gasteiger partial charge in [0.05, 0.1) is 6.04 Å². The van der Waals surface area contributed by atoms with E-state index in [1.54, 1.807) is 4.90 Å². The number of pyridine rings is 1. The summed E-state index contributed by atoms with van der Waals surface area (Å²) in [6.45, 7) is 4.36. The largest absolute Gasteiger partial charge is 0.503 e. The van der Waals surface area contributed by atoms with E-state index in [0.29, 0.717) is 18.7 Å². The number of rotatable bonds is 6. The highest BCUT2D eigenvalue weighted by Crippen LogP contribution is 2.34. The molecule has 2 aromatic rings. The second-order valence-electron chi connectivity index (χ2n) is 9.02. The second kappa shape index (κ2) is 9.73. The number of nitrogens with one attached hydrogen (secondary N) is 2. The lowest BCUT2D eigenvalue weighted by atomic mass is 10.0. The van der Waals surface area contributed by atoms with Gasteiger partial charge in [-0.3, -0.25) is 14.4 Å². The zero-order chi connectivity index (χ0) is 25.4. The number of carbonyl (C=O) groups excluding carboxylic acids is 2. The summed E-state index contributed by atoms with van der Waals surface area (Å²) < 4.78 is 42.5. The summed E-state index contributed by atoms with van der Waals surface area (Å²) in [6.07, 6.45) is 3.58. The highest BCUT2D eigenvalue weighted by Gasteiger charge is 2.42. The normalized spacial score (nSPS) is 21.5. The van der Waals surface area contributed by atoms with Crippen LogP contribution >= 0.6 is 0 Å². The molecule has 1 fully saturated rings. The lowest BCUT2D eigenvalue weighted by Gasteiger charge is -2.39. The maximum absolute atomic E-state index is 13.9. The van der Waals surface area contributed by atoms with Crippen molar-refractivity contribution in [1.29, 1.82) is 0 Å². The van der Waals surface area contributed by atoms with Crippen LogP contribution in [0, 0.1) is 17.5 Å². The molecule has 0 aliphatic carbocycles. The van der Waals surface area contributed by atoms with Crippen LogP contribution in [0.5, 0.6) is 5.75 Å². The molecule has 3 atom stereocenters. The summed E-state index contributed by atoms with van der Waals surface area (Å²) in [5.74, 6) is -5.80. The molecule has 1 aromatic heterocycles. The molecule has 3 heterocycles. The van der Waals surface area contributed by atoms with Gasteiger partial charge in [-0.1, -0.05) is 6.92 Å². The molecule has 1 saturated heterocycles. The van der Waals surface area contributed by atoms with Crippen LogP contribution in [0.2, 0.25) is 0 Å². The fourth-order valence-corrected chi connectivity index (χ4v) is 4.81. The average molecular weight is 492 g/mol. The van der Waals surface area contributed by atoms with E-state index in [2.05, 4.69) is 10.6 Å². The average Bonchev–Trinajstić information content (AvgIpc) is 2.94. The number of halogens is 3. The second-order valence-corrected chi connectivity index (χ2v) is 9.02. The Morgan fingerprint density at radius 2 is 1.86 bits per heavy atom. The van der Waals surface area contributed by atoms with Gasteiger partial charge in [-0.05, 0) is 32.7 Å². The maximum Gasteiger partial charge on any atom is 0.274 e. The van der Waals surface area contributed by atoms with Crippen LogP contribution in [-0.2, 0) is 6.54 Å². The summed E-state index contributed by atoms with van der Waals surface area (Å²) in [5.41, 5.74) is -2.29. The predicted molar refractivity (Wildman–Crippen MR) is 121 cm³/mol. The molecule has 4 rings (SSSR count). The minimum atomic E-state index is -1.18. The van der Waals surface area contributed by atoms with Crippen molar-refractivity contribution in [1.82, 2.24) is 20.1 Å². The predicted octanol–water partition coefficient (Wildman–Crippen LogP) is 2.45. The number of benzene rings is 1. The number of fused-ring (bicyclic) bond motifs is 4. The molecule has 2 aliphatic rings. The van der Waals surface area contributed by atoms with Crippen LogP contribution in [0.15, 0.2) is 23.1 Å². The first-order valence-electron chi connectivity index (χ1n) is 11.6. The van der Waals surface area contributed by atoms with Crippen molar-refractivity contribution in [3.63, 3.8) is 0 Å². The summed E-state index contributed by atoms with van der Waals surface area (Å²) in [4.78, 5) is 40.5. The molecule has 0 saturated carbocycles. The minimum absolute atomic E-state index is 0.0746. The molecular weight excluding hydrogens is 465 g/mol. The third-order valence-electron chi connectivity index (χ3n) is 6.74. The molecule has 2 amide bonds. The van der Waals surface area contributed by atoms with Gasteiger partial charge in [0.1, 0.15) is 23.0 Å². The fourth-order valence-electron chi connectivity index (χ4n) is 4.81. The molecule has 0 radical (unpaired) electrons. The van der Waals surface area contributed by atoms with Crippen LogP contribution in [-0.4, -0.2) is 51.6 Å². The van der Waals surface area contributed by atoms with Gasteiger partial charge in [0, 0.05) is 49.1 Å². The van der Waals surface area contributed by atoms with Crippen molar-refractivity contribution in [2.45, 2.75) is 57.8 Å². The Morgan fingerprint density at radius 1 is 1.17 bits per heavy atom. The maximum atomic E-state index is 13.9. The van der Waals surface area contributed by atoms with Crippen molar-refractivity contribution < 1.29 is 27.9 Å². The van der Waals surface area contributed by atoms with E-state index in [4.69, 9.17) is 0 Å². The monoisotopic (exact) mass is 492 g/mol. The Labute approximate surface area is 199 Å². The number of aromatic nitrogens is 1. The fraction of sp³-hybridized carbons (Fsp3) is 0.458. The van der Waals surface area contributed by atoms with Gasteiger partial charge in [0.15, 0.2) is 11.4 Å². The van der Waals surface area contributed by atoms with E-state index in [1.165, 1.54) is 10.8 Å². The van der Waals surface area contributed by atoms with Gasteiger partial charge in [-0.15, -0.1) is 0 Å². The van der Waals surface area contributed by atoms with Crippen molar-refractivity contribution in [3.05, 3.63) is 62.8 Å². The van der Waals surface area contributed by atoms with Crippen LogP contribution in [0.4, 0.5) is 13.2 Å². The highest BCUT2D eigenvalue weighted by atomic mass is 19.1. The zero-order valence-electron chi connectivity index (χ0n) is 19.4. The van der Waals surface area contributed by atoms with Crippen molar-refractivity contribution in [3.8, 4) is 5.75 Å². The highest BCUT2D eigenvalue weighted by molar-refractivity contribution is 5.99. The first-order chi connectivity index (χ1) is 16.6. The lowest BCUT2D eigenvalue weighted by molar-refractivity contribution is 0.0595. The molecule has 11 heteroatoms. The van der Waals surface area contributed by atoms with Gasteiger partial charge in [-0.2, -0.15) is 0 Å². The molecule has 8 nitrogen and oxygen atoms in total. The molecule has 2 bridgehead atoms. The van der Waals surface area contributed by atoms with E-state index >= 15 is 0 Å². The molecule has 0 spiro atoms. The number of nitrogens with zero attached hydrogens (tertiary/aromatic N) is 2. The molecular formula is C24H27F3N4O4. The Kier molecular flexibility index (Phi) is 6.88. The van der Waals surface area contributed by atoms with E-state index < -0.39 is 58.1 Å². The minimum Gasteiger partial charge on any atom is -0.503 e. The topological polar surface area (TPSA) is 104 Å². The summed E-state index contributed by atoms with van der Waals surface area (Å²) >= 11 is 0. The van der Waals surface area contributed by atoms with Crippen LogP contribution < -0.4 is 16.1 Å². The third kappa shape index (κ3) is 4.52. The van der Waals surface area contributed by atoms with Crippen molar-refractivity contribution in [2.75, 3.05) is 13.1 Å². The van der Waals surface area contributed by atoms with E-state index in [1.807, 2.05) is 13.8 Å². The number of aromatic hydroxyl groups is 1. The van der Waals surface area contributed by atoms with Crippen molar-refractivity contribution in [2.24, 2.45) is 0 Å². The third-order valence-corrected chi connectivity index (χ3v) is 6.74. The standard InChI is InChI=1S/C24H27F3N4O4/c1-3-6-28-18-5-4-12(2)30-11-19(18)31-10-15(21(32)22(33)20(31)24(30)35)23(34)29-9-14-16(26)7-13(25)8-17(14)27/h7-8,10,12,18-19,28,33H,3-6,9,11H2,1-2H3,(H,29,34). The van der Waals surface area contributed by atoms with Gasteiger partial charge >= 0.3 is 0 Å². The molecule has 1 aromatic carbocycles. The number of amides is 2. The quantitative estimate of drug-likeness (QED) is 0.575. The smallest absolute Gasteiger partial charge is 0.274 e. The summed E-state index contributed by atoms with van der Waals surface area (Å²) in [7, 11) is 0. The number of hydrogen-bond acceptors (Lipinski definition) is 5. The Morgan fingerprint density at radius 3 is 2.51 bits per heavy atom. The van der Waals surface area contributed by atoms with Gasteiger partial charge in [0.25, 0.3) is 11.8 Å². The van der Waals surface area contributed by atoms with Gasteiger partial charge in [0.2, 0.25) is 5.43 Å². The van der Waals surface area contributed by atoms with E-state index in [9.17, 15) is 32.7 Å². The zero-order valence-corrected chi connectivity index (χ0v) is 19.4. The first-order valence-corrected chi connectivity index (χ1v) is 11.6. The Balaban J connectivity index is 1.71. The Hall–Kier alpha value is -3.34. The summed E-state index contributed by atoms with van der Waals surface area (Å²) in [6, 6.07) is 0.458. The molecule has 3 N–H and O–H groups in total. The van der Waals surface area contributed by atoms with Crippen molar-refractivity contribution >= 4 is 11.8 Å². The number of carbonyl (C=O) groups is 2. The first kappa shape index (κ1) is 24.8. The van der Waals surface area contributed by atoms with Crippen LogP contribution in [0.25, 0.3) is 0 Å². The van der Waals surface area contributed by atoms with Crippen LogP contribution in [0.1, 0.15) is 65.6 Å². The molecule has 35 heavy (non-hydrogen) atoms. The number of hydrogen-bond donors (Lipinski definition) is 3. The van der Waals surface area contributed by atoms with Crippen LogP contribution in [0.3, 0.4) is 0 Å².